The lowest BCUT2D eigenvalue weighted by Gasteiger charge is -2.04. The predicted molar refractivity (Wildman–Crippen MR) is 86.0 cm³/mol. The van der Waals surface area contributed by atoms with Crippen LogP contribution in [-0.2, 0) is 6.61 Å². The Morgan fingerprint density at radius 2 is 1.95 bits per heavy atom. The van der Waals surface area contributed by atoms with E-state index in [0.717, 1.165) is 10.0 Å². The minimum absolute atomic E-state index is 0.210. The molecule has 0 bridgehead atoms. The molecule has 0 saturated heterocycles. The fourth-order valence-corrected chi connectivity index (χ4v) is 2.93. The van der Waals surface area contributed by atoms with Crippen molar-refractivity contribution < 1.29 is 14.0 Å². The molecule has 0 aliphatic heterocycles. The summed E-state index contributed by atoms with van der Waals surface area (Å²) in [5.74, 6) is 0.0131. The maximum atomic E-state index is 13.2. The molecule has 0 atom stereocenters. The lowest BCUT2D eigenvalue weighted by molar-refractivity contribution is 0.281. The van der Waals surface area contributed by atoms with Crippen LogP contribution in [0.15, 0.2) is 51.5 Å². The van der Waals surface area contributed by atoms with E-state index in [1.165, 1.54) is 18.2 Å². The van der Waals surface area contributed by atoms with Gasteiger partial charge in [-0.1, -0.05) is 44.8 Å². The molecule has 3 nitrogen and oxygen atoms in total. The van der Waals surface area contributed by atoms with Crippen LogP contribution in [0, 0.1) is 5.82 Å². The highest BCUT2D eigenvalue weighted by molar-refractivity contribution is 9.10. The third-order valence-corrected chi connectivity index (χ3v) is 4.26. The normalized spacial score (nSPS) is 10.9. The molecule has 22 heavy (non-hydrogen) atoms. The third-order valence-electron chi connectivity index (χ3n) is 3.25. The molecular formula is C16H10BrClFNO2. The molecule has 1 heterocycles. The molecule has 0 unspecified atom stereocenters. The SMILES string of the molecule is OCc1c(-c2ccc(F)cc2Cl)noc1-c1ccccc1Br. The van der Waals surface area contributed by atoms with Crippen LogP contribution < -0.4 is 0 Å². The Labute approximate surface area is 139 Å². The largest absolute Gasteiger partial charge is 0.391 e. The number of rotatable bonds is 3. The van der Waals surface area contributed by atoms with E-state index in [-0.39, 0.29) is 11.6 Å². The molecule has 0 aliphatic rings. The topological polar surface area (TPSA) is 46.3 Å². The summed E-state index contributed by atoms with van der Waals surface area (Å²) >= 11 is 9.51. The second kappa shape index (κ2) is 6.20. The zero-order valence-corrected chi connectivity index (χ0v) is 13.5. The molecule has 1 aromatic heterocycles. The van der Waals surface area contributed by atoms with Crippen LogP contribution >= 0.6 is 27.5 Å². The summed E-state index contributed by atoms with van der Waals surface area (Å²) in [6, 6.07) is 11.4. The third kappa shape index (κ3) is 2.67. The van der Waals surface area contributed by atoms with Gasteiger partial charge in [0.15, 0.2) is 5.76 Å². The number of benzene rings is 2. The van der Waals surface area contributed by atoms with E-state index in [1.54, 1.807) is 0 Å². The fourth-order valence-electron chi connectivity index (χ4n) is 2.21. The van der Waals surface area contributed by atoms with Crippen molar-refractivity contribution >= 4 is 27.5 Å². The quantitative estimate of drug-likeness (QED) is 0.689. The first-order valence-corrected chi connectivity index (χ1v) is 7.58. The zero-order chi connectivity index (χ0) is 15.7. The molecule has 6 heteroatoms. The number of nitrogens with zero attached hydrogens (tertiary/aromatic N) is 1. The van der Waals surface area contributed by atoms with Crippen molar-refractivity contribution in [2.24, 2.45) is 0 Å². The Kier molecular flexibility index (Phi) is 4.29. The van der Waals surface area contributed by atoms with Gasteiger partial charge in [-0.15, -0.1) is 0 Å². The molecule has 3 rings (SSSR count). The summed E-state index contributed by atoms with van der Waals surface area (Å²) in [5.41, 5.74) is 2.18. The van der Waals surface area contributed by atoms with Crippen LogP contribution in [-0.4, -0.2) is 10.3 Å². The van der Waals surface area contributed by atoms with Crippen molar-refractivity contribution in [3.8, 4) is 22.6 Å². The zero-order valence-electron chi connectivity index (χ0n) is 11.2. The van der Waals surface area contributed by atoms with E-state index in [0.29, 0.717) is 22.6 Å². The Balaban J connectivity index is 2.18. The lowest BCUT2D eigenvalue weighted by atomic mass is 10.0. The van der Waals surface area contributed by atoms with Crippen molar-refractivity contribution in [2.75, 3.05) is 0 Å². The van der Waals surface area contributed by atoms with Crippen LogP contribution in [0.3, 0.4) is 0 Å². The van der Waals surface area contributed by atoms with Gasteiger partial charge in [0.1, 0.15) is 11.5 Å². The average molecular weight is 383 g/mol. The number of aliphatic hydroxyl groups is 1. The standard InChI is InChI=1S/C16H10BrClFNO2/c17-13-4-2-1-3-10(13)16-12(8-21)15(20-22-16)11-6-5-9(19)7-14(11)18/h1-7,21H,8H2. The second-order valence-corrected chi connectivity index (χ2v) is 5.86. The number of aromatic nitrogens is 1. The molecule has 0 aliphatic carbocycles. The highest BCUT2D eigenvalue weighted by Crippen LogP contribution is 2.38. The van der Waals surface area contributed by atoms with E-state index in [9.17, 15) is 9.50 Å². The number of aliphatic hydroxyl groups excluding tert-OH is 1. The molecule has 0 spiro atoms. The van der Waals surface area contributed by atoms with Gasteiger partial charge in [0, 0.05) is 15.6 Å². The Morgan fingerprint density at radius 3 is 2.64 bits per heavy atom. The van der Waals surface area contributed by atoms with Gasteiger partial charge in [-0.25, -0.2) is 4.39 Å². The fraction of sp³-hybridized carbons (Fsp3) is 0.0625. The van der Waals surface area contributed by atoms with E-state index in [4.69, 9.17) is 16.1 Å². The smallest absolute Gasteiger partial charge is 0.174 e. The molecule has 2 aromatic carbocycles. The molecule has 1 N–H and O–H groups in total. The van der Waals surface area contributed by atoms with Gasteiger partial charge in [0.05, 0.1) is 17.2 Å². The van der Waals surface area contributed by atoms with Gasteiger partial charge >= 0.3 is 0 Å². The van der Waals surface area contributed by atoms with Crippen LogP contribution in [0.5, 0.6) is 0 Å². The van der Waals surface area contributed by atoms with Crippen molar-refractivity contribution in [1.29, 1.82) is 0 Å². The summed E-state index contributed by atoms with van der Waals surface area (Å²) < 4.78 is 19.4. The van der Waals surface area contributed by atoms with Gasteiger partial charge in [0.2, 0.25) is 0 Å². The summed E-state index contributed by atoms with van der Waals surface area (Å²) in [5, 5.41) is 13.9. The average Bonchev–Trinajstić information content (AvgIpc) is 2.91. The maximum absolute atomic E-state index is 13.2. The van der Waals surface area contributed by atoms with Crippen LogP contribution in [0.4, 0.5) is 4.39 Å². The van der Waals surface area contributed by atoms with Crippen molar-refractivity contribution in [3.63, 3.8) is 0 Å². The molecule has 112 valence electrons. The van der Waals surface area contributed by atoms with Crippen molar-refractivity contribution in [3.05, 3.63) is 63.3 Å². The Bertz CT molecular complexity index is 835. The highest BCUT2D eigenvalue weighted by atomic mass is 79.9. The minimum Gasteiger partial charge on any atom is -0.391 e. The van der Waals surface area contributed by atoms with E-state index in [1.807, 2.05) is 24.3 Å². The van der Waals surface area contributed by atoms with Gasteiger partial charge < -0.3 is 9.63 Å². The van der Waals surface area contributed by atoms with Gasteiger partial charge in [-0.05, 0) is 30.3 Å². The highest BCUT2D eigenvalue weighted by Gasteiger charge is 2.21. The monoisotopic (exact) mass is 381 g/mol. The van der Waals surface area contributed by atoms with Gasteiger partial charge in [-0.3, -0.25) is 0 Å². The summed E-state index contributed by atoms with van der Waals surface area (Å²) in [6.45, 7) is -0.275. The Hall–Kier alpha value is -1.69. The van der Waals surface area contributed by atoms with Gasteiger partial charge in [-0.2, -0.15) is 0 Å². The minimum atomic E-state index is -0.436. The number of hydrogen-bond donors (Lipinski definition) is 1. The molecule has 0 saturated carbocycles. The first-order chi connectivity index (χ1) is 10.6. The van der Waals surface area contributed by atoms with E-state index in [2.05, 4.69) is 21.1 Å². The predicted octanol–water partition coefficient (Wildman–Crippen LogP) is 5.06. The number of halogens is 3. The van der Waals surface area contributed by atoms with Crippen LogP contribution in [0.2, 0.25) is 5.02 Å². The van der Waals surface area contributed by atoms with Crippen LogP contribution in [0.25, 0.3) is 22.6 Å². The Morgan fingerprint density at radius 1 is 1.18 bits per heavy atom. The van der Waals surface area contributed by atoms with E-state index >= 15 is 0 Å². The molecule has 3 aromatic rings. The molecule has 0 amide bonds. The van der Waals surface area contributed by atoms with Gasteiger partial charge in [0.25, 0.3) is 0 Å². The molecule has 0 fully saturated rings. The van der Waals surface area contributed by atoms with Crippen molar-refractivity contribution in [2.45, 2.75) is 6.61 Å². The second-order valence-electron chi connectivity index (χ2n) is 4.60. The molecular weight excluding hydrogens is 373 g/mol. The maximum Gasteiger partial charge on any atom is 0.174 e. The lowest BCUT2D eigenvalue weighted by Crippen LogP contribution is -1.91. The summed E-state index contributed by atoms with van der Waals surface area (Å²) in [4.78, 5) is 0. The van der Waals surface area contributed by atoms with E-state index < -0.39 is 5.82 Å². The van der Waals surface area contributed by atoms with Crippen molar-refractivity contribution in [1.82, 2.24) is 5.16 Å². The number of hydrogen-bond acceptors (Lipinski definition) is 3. The summed E-state index contributed by atoms with van der Waals surface area (Å²) in [7, 11) is 0. The first kappa shape index (κ1) is 15.2. The van der Waals surface area contributed by atoms with Crippen LogP contribution in [0.1, 0.15) is 5.56 Å². The molecule has 0 radical (unpaired) electrons. The first-order valence-electron chi connectivity index (χ1n) is 6.41. The summed E-state index contributed by atoms with van der Waals surface area (Å²) in [6.07, 6.45) is 0.